The Kier molecular flexibility index (Phi) is 2.87. The summed E-state index contributed by atoms with van der Waals surface area (Å²) in [6.07, 6.45) is 4.99. The highest BCUT2D eigenvalue weighted by Gasteiger charge is 2.27. The molecule has 1 atom stereocenters. The van der Waals surface area contributed by atoms with Crippen LogP contribution in [0.25, 0.3) is 0 Å². The van der Waals surface area contributed by atoms with Gasteiger partial charge in [0.05, 0.1) is 0 Å². The first-order valence-corrected chi connectivity index (χ1v) is 6.71. The van der Waals surface area contributed by atoms with Gasteiger partial charge >= 0.3 is 0 Å². The van der Waals surface area contributed by atoms with Crippen LogP contribution in [0.1, 0.15) is 36.3 Å². The molecule has 0 spiro atoms. The van der Waals surface area contributed by atoms with Crippen molar-refractivity contribution < 1.29 is 0 Å². The van der Waals surface area contributed by atoms with Crippen LogP contribution in [0.4, 0.5) is 0 Å². The van der Waals surface area contributed by atoms with Crippen LogP contribution >= 0.6 is 23.2 Å². The molecular weight excluding hydrogens is 241 g/mol. The zero-order chi connectivity index (χ0) is 11.1. The lowest BCUT2D eigenvalue weighted by Gasteiger charge is -2.13. The Labute approximate surface area is 106 Å². The topological polar surface area (TPSA) is 12.0 Å². The molecule has 1 N–H and O–H groups in total. The zero-order valence-corrected chi connectivity index (χ0v) is 10.6. The molecule has 1 fully saturated rings. The smallest absolute Gasteiger partial charge is 0.0455 e. The van der Waals surface area contributed by atoms with Crippen molar-refractivity contribution in [3.8, 4) is 0 Å². The monoisotopic (exact) mass is 255 g/mol. The highest BCUT2D eigenvalue weighted by atomic mass is 35.5. The quantitative estimate of drug-likeness (QED) is 0.867. The standard InChI is InChI=1S/C13H15Cl2N/c14-9-5-12-8(7-16-10-2-3-10)1-4-11(12)13(15)6-9/h5-6,8,10,16H,1-4,7H2. The van der Waals surface area contributed by atoms with Gasteiger partial charge < -0.3 is 5.32 Å². The van der Waals surface area contributed by atoms with Gasteiger partial charge in [-0.3, -0.25) is 0 Å². The Morgan fingerprint density at radius 1 is 1.19 bits per heavy atom. The van der Waals surface area contributed by atoms with E-state index in [1.807, 2.05) is 6.07 Å². The van der Waals surface area contributed by atoms with E-state index in [2.05, 4.69) is 11.4 Å². The fourth-order valence-corrected chi connectivity index (χ4v) is 3.14. The van der Waals surface area contributed by atoms with Crippen molar-refractivity contribution in [1.29, 1.82) is 0 Å². The van der Waals surface area contributed by atoms with E-state index in [0.717, 1.165) is 29.1 Å². The van der Waals surface area contributed by atoms with Gasteiger partial charge in [0.1, 0.15) is 0 Å². The maximum atomic E-state index is 6.21. The van der Waals surface area contributed by atoms with E-state index in [0.29, 0.717) is 5.92 Å². The summed E-state index contributed by atoms with van der Waals surface area (Å²) in [4.78, 5) is 0. The van der Waals surface area contributed by atoms with Crippen molar-refractivity contribution >= 4 is 23.2 Å². The lowest BCUT2D eigenvalue weighted by Crippen LogP contribution is -2.22. The predicted octanol–water partition coefficient (Wildman–Crippen LogP) is 3.78. The molecule has 0 heterocycles. The zero-order valence-electron chi connectivity index (χ0n) is 9.10. The molecule has 2 aliphatic carbocycles. The Morgan fingerprint density at radius 2 is 2.00 bits per heavy atom. The van der Waals surface area contributed by atoms with E-state index in [9.17, 15) is 0 Å². The molecule has 1 aromatic rings. The summed E-state index contributed by atoms with van der Waals surface area (Å²) in [6.45, 7) is 1.08. The number of halogens is 2. The van der Waals surface area contributed by atoms with Crippen LogP contribution in [0, 0.1) is 0 Å². The van der Waals surface area contributed by atoms with Crippen LogP contribution in [0.3, 0.4) is 0 Å². The van der Waals surface area contributed by atoms with Gasteiger partial charge in [0.15, 0.2) is 0 Å². The van der Waals surface area contributed by atoms with Gasteiger partial charge in [0, 0.05) is 22.6 Å². The SMILES string of the molecule is Clc1cc(Cl)c2c(c1)C(CNC1CC1)CC2. The third kappa shape index (κ3) is 2.09. The second kappa shape index (κ2) is 4.21. The molecule has 1 aromatic carbocycles. The molecule has 3 rings (SSSR count). The molecular formula is C13H15Cl2N. The number of hydrogen-bond donors (Lipinski definition) is 1. The lowest BCUT2D eigenvalue weighted by atomic mass is 10.0. The minimum atomic E-state index is 0.604. The minimum absolute atomic E-state index is 0.604. The molecule has 0 saturated heterocycles. The molecule has 1 nitrogen and oxygen atoms in total. The minimum Gasteiger partial charge on any atom is -0.313 e. The van der Waals surface area contributed by atoms with E-state index in [4.69, 9.17) is 23.2 Å². The molecule has 0 bridgehead atoms. The van der Waals surface area contributed by atoms with Crippen molar-refractivity contribution in [2.24, 2.45) is 0 Å². The summed E-state index contributed by atoms with van der Waals surface area (Å²) in [5.41, 5.74) is 2.68. The Hall–Kier alpha value is -0.240. The van der Waals surface area contributed by atoms with E-state index in [-0.39, 0.29) is 0 Å². The molecule has 1 unspecified atom stereocenters. The normalized spacial score (nSPS) is 23.5. The predicted molar refractivity (Wildman–Crippen MR) is 68.5 cm³/mol. The van der Waals surface area contributed by atoms with E-state index in [1.54, 1.807) is 0 Å². The summed E-state index contributed by atoms with van der Waals surface area (Å²) < 4.78 is 0. The van der Waals surface area contributed by atoms with E-state index >= 15 is 0 Å². The molecule has 1 saturated carbocycles. The molecule has 0 aromatic heterocycles. The summed E-state index contributed by atoms with van der Waals surface area (Å²) in [5, 5.41) is 5.20. The summed E-state index contributed by atoms with van der Waals surface area (Å²) in [5.74, 6) is 0.604. The van der Waals surface area contributed by atoms with Crippen LogP contribution in [0.5, 0.6) is 0 Å². The van der Waals surface area contributed by atoms with Crippen LogP contribution in [0.15, 0.2) is 12.1 Å². The maximum absolute atomic E-state index is 6.21. The Bertz CT molecular complexity index is 413. The fraction of sp³-hybridized carbons (Fsp3) is 0.538. The number of fused-ring (bicyclic) bond motifs is 1. The molecule has 16 heavy (non-hydrogen) atoms. The summed E-state index contributed by atoms with van der Waals surface area (Å²) in [7, 11) is 0. The first-order chi connectivity index (χ1) is 7.74. The highest BCUT2D eigenvalue weighted by Crippen LogP contribution is 2.39. The number of hydrogen-bond acceptors (Lipinski definition) is 1. The Morgan fingerprint density at radius 3 is 2.75 bits per heavy atom. The van der Waals surface area contributed by atoms with Gasteiger partial charge in [0.2, 0.25) is 0 Å². The van der Waals surface area contributed by atoms with E-state index < -0.39 is 0 Å². The van der Waals surface area contributed by atoms with Crippen molar-refractivity contribution in [2.45, 2.75) is 37.6 Å². The second-order valence-electron chi connectivity index (χ2n) is 4.87. The lowest BCUT2D eigenvalue weighted by molar-refractivity contribution is 0.576. The molecule has 0 amide bonds. The number of nitrogens with one attached hydrogen (secondary N) is 1. The average molecular weight is 256 g/mol. The van der Waals surface area contributed by atoms with Crippen molar-refractivity contribution in [2.75, 3.05) is 6.54 Å². The third-order valence-electron chi connectivity index (χ3n) is 3.61. The van der Waals surface area contributed by atoms with Gasteiger partial charge in [-0.2, -0.15) is 0 Å². The first-order valence-electron chi connectivity index (χ1n) is 5.95. The molecule has 86 valence electrons. The molecule has 0 aliphatic heterocycles. The van der Waals surface area contributed by atoms with Gasteiger partial charge in [-0.1, -0.05) is 23.2 Å². The van der Waals surface area contributed by atoms with Gasteiger partial charge in [-0.15, -0.1) is 0 Å². The largest absolute Gasteiger partial charge is 0.313 e. The van der Waals surface area contributed by atoms with Crippen molar-refractivity contribution in [3.05, 3.63) is 33.3 Å². The van der Waals surface area contributed by atoms with Crippen LogP contribution in [-0.4, -0.2) is 12.6 Å². The van der Waals surface area contributed by atoms with E-state index in [1.165, 1.54) is 30.4 Å². The summed E-state index contributed by atoms with van der Waals surface area (Å²) in [6, 6.07) is 4.73. The Balaban J connectivity index is 1.80. The third-order valence-corrected chi connectivity index (χ3v) is 4.16. The van der Waals surface area contributed by atoms with Crippen molar-refractivity contribution in [1.82, 2.24) is 5.32 Å². The second-order valence-corrected chi connectivity index (χ2v) is 5.72. The number of rotatable bonds is 3. The molecule has 2 aliphatic rings. The maximum Gasteiger partial charge on any atom is 0.0455 e. The number of benzene rings is 1. The fourth-order valence-electron chi connectivity index (χ4n) is 2.53. The first kappa shape index (κ1) is 10.9. The van der Waals surface area contributed by atoms with Crippen LogP contribution < -0.4 is 5.32 Å². The van der Waals surface area contributed by atoms with Gasteiger partial charge in [0.25, 0.3) is 0 Å². The highest BCUT2D eigenvalue weighted by molar-refractivity contribution is 6.35. The molecule has 0 radical (unpaired) electrons. The van der Waals surface area contributed by atoms with Gasteiger partial charge in [-0.25, -0.2) is 0 Å². The molecule has 3 heteroatoms. The van der Waals surface area contributed by atoms with Crippen molar-refractivity contribution in [3.63, 3.8) is 0 Å². The average Bonchev–Trinajstić information content (AvgIpc) is 2.97. The summed E-state index contributed by atoms with van der Waals surface area (Å²) >= 11 is 12.3. The van der Waals surface area contributed by atoms with Crippen LogP contribution in [0.2, 0.25) is 10.0 Å². The van der Waals surface area contributed by atoms with Crippen LogP contribution in [-0.2, 0) is 6.42 Å². The van der Waals surface area contributed by atoms with Gasteiger partial charge in [-0.05, 0) is 54.9 Å².